The number of nitrogens with two attached hydrogens (primary N) is 1. The molecule has 0 aliphatic carbocycles. The molecule has 0 saturated heterocycles. The van der Waals surface area contributed by atoms with Crippen LogP contribution in [0.5, 0.6) is 17.2 Å². The van der Waals surface area contributed by atoms with Crippen LogP contribution in [0.4, 0.5) is 5.95 Å². The molecule has 0 bridgehead atoms. The summed E-state index contributed by atoms with van der Waals surface area (Å²) in [7, 11) is 1.62. The van der Waals surface area contributed by atoms with Gasteiger partial charge in [-0.25, -0.2) is 9.97 Å². The second-order valence-electron chi connectivity index (χ2n) is 6.68. The highest BCUT2D eigenvalue weighted by Crippen LogP contribution is 2.34. The zero-order valence-corrected chi connectivity index (χ0v) is 16.4. The van der Waals surface area contributed by atoms with Crippen LogP contribution in [0.3, 0.4) is 0 Å². The molecule has 30 heavy (non-hydrogen) atoms. The first-order valence-corrected chi connectivity index (χ1v) is 9.41. The van der Waals surface area contributed by atoms with Gasteiger partial charge in [0, 0.05) is 17.2 Å². The fourth-order valence-corrected chi connectivity index (χ4v) is 3.07. The van der Waals surface area contributed by atoms with Gasteiger partial charge in [-0.3, -0.25) is 0 Å². The molecule has 6 nitrogen and oxygen atoms in total. The number of aromatic nitrogens is 2. The summed E-state index contributed by atoms with van der Waals surface area (Å²) in [5.74, 6) is 1.50. The summed E-state index contributed by atoms with van der Waals surface area (Å²) in [5, 5.41) is 10.6. The van der Waals surface area contributed by atoms with Gasteiger partial charge in [-0.15, -0.1) is 0 Å². The molecule has 0 aliphatic rings. The Morgan fingerprint density at radius 2 is 1.53 bits per heavy atom. The molecule has 0 unspecified atom stereocenters. The lowest BCUT2D eigenvalue weighted by atomic mass is 10.1. The van der Waals surface area contributed by atoms with Crippen LogP contribution in [0.1, 0.15) is 5.56 Å². The van der Waals surface area contributed by atoms with Crippen molar-refractivity contribution >= 4 is 5.95 Å². The Balaban J connectivity index is 1.59. The molecule has 0 amide bonds. The topological polar surface area (TPSA) is 90.5 Å². The predicted octanol–water partition coefficient (Wildman–Crippen LogP) is 4.69. The number of phenols is 1. The molecular weight excluding hydrogens is 378 g/mol. The third-order valence-corrected chi connectivity index (χ3v) is 4.62. The van der Waals surface area contributed by atoms with Gasteiger partial charge in [0.05, 0.1) is 18.5 Å². The Morgan fingerprint density at radius 1 is 0.833 bits per heavy atom. The van der Waals surface area contributed by atoms with Crippen LogP contribution >= 0.6 is 0 Å². The lowest BCUT2D eigenvalue weighted by Crippen LogP contribution is -1.99. The third kappa shape index (κ3) is 4.33. The number of hydrogen-bond acceptors (Lipinski definition) is 6. The van der Waals surface area contributed by atoms with Gasteiger partial charge in [-0.05, 0) is 48.0 Å². The number of ether oxygens (including phenoxy) is 2. The Morgan fingerprint density at radius 3 is 2.23 bits per heavy atom. The zero-order valence-electron chi connectivity index (χ0n) is 16.4. The molecule has 1 heterocycles. The maximum absolute atomic E-state index is 10.6. The van der Waals surface area contributed by atoms with Crippen LogP contribution < -0.4 is 15.2 Å². The van der Waals surface area contributed by atoms with Crippen LogP contribution in [0, 0.1) is 0 Å². The third-order valence-electron chi connectivity index (χ3n) is 4.62. The van der Waals surface area contributed by atoms with E-state index in [1.54, 1.807) is 31.4 Å². The minimum atomic E-state index is 0.0549. The summed E-state index contributed by atoms with van der Waals surface area (Å²) in [5.41, 5.74) is 9.58. The Bertz CT molecular complexity index is 1150. The van der Waals surface area contributed by atoms with Gasteiger partial charge >= 0.3 is 0 Å². The Kier molecular flexibility index (Phi) is 5.48. The molecule has 0 fully saturated rings. The van der Waals surface area contributed by atoms with Crippen molar-refractivity contribution in [3.8, 4) is 39.8 Å². The first-order valence-electron chi connectivity index (χ1n) is 9.41. The molecule has 0 saturated carbocycles. The second-order valence-corrected chi connectivity index (χ2v) is 6.68. The lowest BCUT2D eigenvalue weighted by Gasteiger charge is -2.11. The first-order chi connectivity index (χ1) is 14.6. The SMILES string of the molecule is COc1ccc(-c2cc(-c3ccc(OCc4ccccc4)cc3O)nc(N)n2)cc1. The van der Waals surface area contributed by atoms with Crippen molar-refractivity contribution in [1.29, 1.82) is 0 Å². The maximum Gasteiger partial charge on any atom is 0.221 e. The minimum absolute atomic E-state index is 0.0549. The Hall–Kier alpha value is -4.06. The maximum atomic E-state index is 10.6. The number of benzene rings is 3. The van der Waals surface area contributed by atoms with Crippen molar-refractivity contribution < 1.29 is 14.6 Å². The van der Waals surface area contributed by atoms with Crippen LogP contribution in [0.15, 0.2) is 78.9 Å². The largest absolute Gasteiger partial charge is 0.507 e. The van der Waals surface area contributed by atoms with Gasteiger partial charge in [-0.1, -0.05) is 30.3 Å². The van der Waals surface area contributed by atoms with Crippen molar-refractivity contribution in [2.75, 3.05) is 12.8 Å². The van der Waals surface area contributed by atoms with E-state index in [1.165, 1.54) is 0 Å². The summed E-state index contributed by atoms with van der Waals surface area (Å²) in [6.07, 6.45) is 0. The van der Waals surface area contributed by atoms with Crippen molar-refractivity contribution in [1.82, 2.24) is 9.97 Å². The number of hydrogen-bond donors (Lipinski definition) is 2. The van der Waals surface area contributed by atoms with Crippen LogP contribution in [-0.2, 0) is 6.61 Å². The molecule has 0 aliphatic heterocycles. The Labute approximate surface area is 174 Å². The van der Waals surface area contributed by atoms with E-state index in [4.69, 9.17) is 15.2 Å². The normalized spacial score (nSPS) is 10.6. The summed E-state index contributed by atoms with van der Waals surface area (Å²) in [4.78, 5) is 8.60. The van der Waals surface area contributed by atoms with E-state index in [1.807, 2.05) is 54.6 Å². The van der Waals surface area contributed by atoms with Gasteiger partial charge in [0.2, 0.25) is 5.95 Å². The van der Waals surface area contributed by atoms with Crippen molar-refractivity contribution in [2.45, 2.75) is 6.61 Å². The van der Waals surface area contributed by atoms with E-state index in [0.717, 1.165) is 16.9 Å². The van der Waals surface area contributed by atoms with Gasteiger partial charge < -0.3 is 20.3 Å². The van der Waals surface area contributed by atoms with E-state index < -0.39 is 0 Å². The molecule has 0 atom stereocenters. The second kappa shape index (κ2) is 8.53. The van der Waals surface area contributed by atoms with E-state index in [9.17, 15) is 5.11 Å². The zero-order chi connectivity index (χ0) is 20.9. The highest BCUT2D eigenvalue weighted by molar-refractivity contribution is 5.73. The molecule has 4 rings (SSSR count). The monoisotopic (exact) mass is 399 g/mol. The molecular formula is C24H21N3O3. The molecule has 4 aromatic rings. The van der Waals surface area contributed by atoms with Gasteiger partial charge in [0.15, 0.2) is 0 Å². The van der Waals surface area contributed by atoms with E-state index in [-0.39, 0.29) is 11.7 Å². The van der Waals surface area contributed by atoms with Crippen molar-refractivity contribution in [2.24, 2.45) is 0 Å². The molecule has 3 aromatic carbocycles. The van der Waals surface area contributed by atoms with Crippen LogP contribution in [-0.4, -0.2) is 22.2 Å². The van der Waals surface area contributed by atoms with E-state index in [2.05, 4.69) is 9.97 Å². The van der Waals surface area contributed by atoms with Gasteiger partial charge in [0.25, 0.3) is 0 Å². The molecule has 3 N–H and O–H groups in total. The van der Waals surface area contributed by atoms with Gasteiger partial charge in [0.1, 0.15) is 23.9 Å². The van der Waals surface area contributed by atoms with Gasteiger partial charge in [-0.2, -0.15) is 0 Å². The average molecular weight is 399 g/mol. The number of nitrogen functional groups attached to an aromatic ring is 1. The van der Waals surface area contributed by atoms with Crippen LogP contribution in [0.2, 0.25) is 0 Å². The highest BCUT2D eigenvalue weighted by atomic mass is 16.5. The number of methoxy groups -OCH3 is 1. The molecule has 1 aromatic heterocycles. The van der Waals surface area contributed by atoms with E-state index in [0.29, 0.717) is 29.3 Å². The summed E-state index contributed by atoms with van der Waals surface area (Å²) in [6, 6.07) is 24.2. The van der Waals surface area contributed by atoms with Crippen molar-refractivity contribution in [3.63, 3.8) is 0 Å². The molecule has 0 spiro atoms. The average Bonchev–Trinajstić information content (AvgIpc) is 2.78. The quantitative estimate of drug-likeness (QED) is 0.489. The standard InChI is InChI=1S/C24H21N3O3/c1-29-18-9-7-17(8-10-18)21-14-22(27-24(25)26-21)20-12-11-19(13-23(20)28)30-15-16-5-3-2-4-6-16/h2-14,28H,15H2,1H3,(H2,25,26,27). The number of anilines is 1. The first kappa shape index (κ1) is 19.3. The fourth-order valence-electron chi connectivity index (χ4n) is 3.07. The molecule has 0 radical (unpaired) electrons. The number of nitrogens with zero attached hydrogens (tertiary/aromatic N) is 2. The molecule has 6 heteroatoms. The minimum Gasteiger partial charge on any atom is -0.507 e. The summed E-state index contributed by atoms with van der Waals surface area (Å²) >= 11 is 0. The van der Waals surface area contributed by atoms with Crippen LogP contribution in [0.25, 0.3) is 22.5 Å². The smallest absolute Gasteiger partial charge is 0.221 e. The number of rotatable bonds is 6. The summed E-state index contributed by atoms with van der Waals surface area (Å²) in [6.45, 7) is 0.418. The predicted molar refractivity (Wildman–Crippen MR) is 116 cm³/mol. The van der Waals surface area contributed by atoms with Crippen molar-refractivity contribution in [3.05, 3.63) is 84.4 Å². The highest BCUT2D eigenvalue weighted by Gasteiger charge is 2.12. The fraction of sp³-hybridized carbons (Fsp3) is 0.0833. The summed E-state index contributed by atoms with van der Waals surface area (Å²) < 4.78 is 11.0. The van der Waals surface area contributed by atoms with E-state index >= 15 is 0 Å². The lowest BCUT2D eigenvalue weighted by molar-refractivity contribution is 0.304. The number of phenolic OH excluding ortho intramolecular Hbond substituents is 1. The number of aromatic hydroxyl groups is 1. The molecule has 150 valence electrons.